The molecule has 2 saturated carbocycles. The number of benzene rings is 3. The van der Waals surface area contributed by atoms with Crippen molar-refractivity contribution in [3.05, 3.63) is 84.7 Å². The Morgan fingerprint density at radius 2 is 1.42 bits per heavy atom. The van der Waals surface area contributed by atoms with Gasteiger partial charge in [0.15, 0.2) is 0 Å². The molecule has 10 nitrogen and oxygen atoms in total. The van der Waals surface area contributed by atoms with Crippen molar-refractivity contribution < 1.29 is 14.3 Å². The van der Waals surface area contributed by atoms with E-state index in [0.29, 0.717) is 24.5 Å². The first kappa shape index (κ1) is 42.3. The summed E-state index contributed by atoms with van der Waals surface area (Å²) >= 11 is 0. The lowest BCUT2D eigenvalue weighted by Gasteiger charge is -2.30. The first-order valence-corrected chi connectivity index (χ1v) is 18.4. The fourth-order valence-corrected chi connectivity index (χ4v) is 8.84. The van der Waals surface area contributed by atoms with Crippen LogP contribution >= 0.6 is 49.6 Å². The van der Waals surface area contributed by atoms with Crippen molar-refractivity contribution in [3.8, 4) is 33.6 Å². The third-order valence-electron chi connectivity index (χ3n) is 12.0. The van der Waals surface area contributed by atoms with Crippen LogP contribution in [0.4, 0.5) is 4.79 Å². The van der Waals surface area contributed by atoms with Crippen molar-refractivity contribution in [2.45, 2.75) is 76.5 Å². The van der Waals surface area contributed by atoms with Crippen LogP contribution in [0.2, 0.25) is 0 Å². The van der Waals surface area contributed by atoms with Crippen LogP contribution in [0.5, 0.6) is 0 Å². The summed E-state index contributed by atoms with van der Waals surface area (Å²) in [6.45, 7) is 4.56. The number of rotatable bonds is 8. The Labute approximate surface area is 346 Å². The molecule has 4 heterocycles. The van der Waals surface area contributed by atoms with Crippen molar-refractivity contribution in [2.24, 2.45) is 17.3 Å². The molecule has 4 fully saturated rings. The van der Waals surface area contributed by atoms with E-state index in [2.05, 4.69) is 81.3 Å². The van der Waals surface area contributed by atoms with Gasteiger partial charge in [0.25, 0.3) is 0 Å². The van der Waals surface area contributed by atoms with E-state index in [1.54, 1.807) is 0 Å². The highest BCUT2D eigenvalue weighted by molar-refractivity contribution is 5.91. The zero-order chi connectivity index (χ0) is 34.9. The fourth-order valence-electron chi connectivity index (χ4n) is 8.84. The standard InChI is InChI=1S/C41H45N7O3.4ClH/c1-23(2)35(47-40(50)51-3)39(49)48-22-41(14-15-41)19-34(48)37-42-21-33(45-37)29-11-10-27-16-26(8-9-28(27)17-29)24-4-6-25(7-5-24)32-20-43-38(46-32)36-30-12-13-31(18-30)44-36;;;;/h4-11,16-17,20-21,23,30-31,34-36,44H,12-15,18-19,22H2,1-3H3,(H,42,45)(H,43,46)(H,47,50);4*1H/t30-,31+,34-,35-,36-;;;;/m0..../s1. The second-order valence-corrected chi connectivity index (χ2v) is 15.7. The summed E-state index contributed by atoms with van der Waals surface area (Å²) in [4.78, 5) is 44.5. The molecule has 2 aliphatic carbocycles. The van der Waals surface area contributed by atoms with E-state index in [4.69, 9.17) is 14.7 Å². The van der Waals surface area contributed by atoms with Gasteiger partial charge in [0.1, 0.15) is 17.7 Å². The van der Waals surface area contributed by atoms with Gasteiger partial charge in [0.2, 0.25) is 5.91 Å². The predicted octanol–water partition coefficient (Wildman–Crippen LogP) is 9.22. The first-order chi connectivity index (χ1) is 24.8. The maximum atomic E-state index is 13.8. The molecule has 1 spiro atoms. The second-order valence-electron chi connectivity index (χ2n) is 15.7. The number of hydrogen-bond donors (Lipinski definition) is 4. The minimum atomic E-state index is -0.662. The Balaban J connectivity index is 0.00000145. The van der Waals surface area contributed by atoms with Gasteiger partial charge in [-0.05, 0) is 95.4 Å². The Morgan fingerprint density at radius 3 is 2.04 bits per heavy atom. The molecule has 0 unspecified atom stereocenters. The summed E-state index contributed by atoms with van der Waals surface area (Å²) in [5.41, 5.74) is 6.65. The van der Waals surface area contributed by atoms with Gasteiger partial charge in [-0.15, -0.1) is 49.6 Å². The molecule has 294 valence electrons. The van der Waals surface area contributed by atoms with Gasteiger partial charge >= 0.3 is 6.09 Å². The second kappa shape index (κ2) is 16.7. The molecule has 14 heteroatoms. The fraction of sp³-hybridized carbons (Fsp3) is 0.415. The van der Waals surface area contributed by atoms with Crippen LogP contribution in [-0.2, 0) is 9.53 Å². The SMILES string of the molecule is COC(=O)N[C@H](C(=O)N1CC2(CC2)C[C@H]1c1ncc(-c2ccc3cc(-c4ccc(-c5cnc([C@H]6N[C@@H]7CC[C@H]6C7)[nH]5)cc4)ccc3c2)[nH]1)C(C)C.Cl.Cl.Cl.Cl. The maximum Gasteiger partial charge on any atom is 0.407 e. The van der Waals surface area contributed by atoms with E-state index in [9.17, 15) is 9.59 Å². The third kappa shape index (κ3) is 8.07. The van der Waals surface area contributed by atoms with Gasteiger partial charge in [0.05, 0.1) is 43.0 Å². The summed E-state index contributed by atoms with van der Waals surface area (Å²) in [6, 6.07) is 22.0. The number of carbonyl (C=O) groups excluding carboxylic acids is 2. The number of imidazole rings is 2. The lowest BCUT2D eigenvalue weighted by Crippen LogP contribution is -2.51. The van der Waals surface area contributed by atoms with Crippen molar-refractivity contribution in [1.82, 2.24) is 35.5 Å². The zero-order valence-electron chi connectivity index (χ0n) is 31.0. The lowest BCUT2D eigenvalue weighted by atomic mass is 9.98. The summed E-state index contributed by atoms with van der Waals surface area (Å²) in [7, 11) is 1.32. The molecular weight excluding hydrogens is 780 g/mol. The van der Waals surface area contributed by atoms with Gasteiger partial charge in [-0.25, -0.2) is 14.8 Å². The molecule has 2 amide bonds. The Kier molecular flexibility index (Phi) is 12.9. The van der Waals surface area contributed by atoms with E-state index in [1.165, 1.54) is 37.5 Å². The number of nitrogens with one attached hydrogen (secondary N) is 4. The smallest absolute Gasteiger partial charge is 0.407 e. The highest BCUT2D eigenvalue weighted by atomic mass is 35.5. The minimum Gasteiger partial charge on any atom is -0.453 e. The number of halogens is 4. The van der Waals surface area contributed by atoms with Gasteiger partial charge in [0, 0.05) is 18.2 Å². The van der Waals surface area contributed by atoms with E-state index in [0.717, 1.165) is 64.2 Å². The van der Waals surface area contributed by atoms with E-state index in [1.807, 2.05) is 31.1 Å². The van der Waals surface area contributed by atoms with Crippen molar-refractivity contribution >= 4 is 72.4 Å². The number of methoxy groups -OCH3 is 1. The summed E-state index contributed by atoms with van der Waals surface area (Å²) in [5.74, 6) is 2.39. The van der Waals surface area contributed by atoms with Crippen LogP contribution in [0.25, 0.3) is 44.4 Å². The van der Waals surface area contributed by atoms with E-state index < -0.39 is 12.1 Å². The highest BCUT2D eigenvalue weighted by Gasteiger charge is 2.55. The van der Waals surface area contributed by atoms with Gasteiger partial charge in [-0.2, -0.15) is 0 Å². The minimum absolute atomic E-state index is 0. The number of fused-ring (bicyclic) bond motifs is 3. The molecule has 0 radical (unpaired) electrons. The average Bonchev–Trinajstić information content (AvgIpc) is 3.79. The number of hydrogen-bond acceptors (Lipinski definition) is 6. The number of aromatic nitrogens is 4. The van der Waals surface area contributed by atoms with Crippen molar-refractivity contribution in [2.75, 3.05) is 13.7 Å². The molecular formula is C41H49Cl4N7O3. The first-order valence-electron chi connectivity index (χ1n) is 18.4. The van der Waals surface area contributed by atoms with Crippen LogP contribution in [0.15, 0.2) is 73.1 Å². The molecule has 4 aliphatic rings. The largest absolute Gasteiger partial charge is 0.453 e. The molecule has 2 saturated heterocycles. The molecule has 55 heavy (non-hydrogen) atoms. The number of ether oxygens (including phenoxy) is 1. The van der Waals surface area contributed by atoms with Crippen molar-refractivity contribution in [3.63, 3.8) is 0 Å². The normalized spacial score (nSPS) is 22.0. The van der Waals surface area contributed by atoms with Gasteiger partial charge in [-0.3, -0.25) is 4.79 Å². The number of alkyl carbamates (subject to hydrolysis) is 1. The molecule has 2 bridgehead atoms. The number of likely N-dealkylation sites (tertiary alicyclic amines) is 1. The van der Waals surface area contributed by atoms with Gasteiger partial charge < -0.3 is 30.2 Å². The number of amides is 2. The Bertz CT molecular complexity index is 2130. The molecule has 4 N–H and O–H groups in total. The van der Waals surface area contributed by atoms with Crippen molar-refractivity contribution in [1.29, 1.82) is 0 Å². The topological polar surface area (TPSA) is 128 Å². The quantitative estimate of drug-likeness (QED) is 0.124. The summed E-state index contributed by atoms with van der Waals surface area (Å²) in [5, 5.41) is 8.81. The van der Waals surface area contributed by atoms with Crippen LogP contribution < -0.4 is 10.6 Å². The zero-order valence-corrected chi connectivity index (χ0v) is 34.3. The van der Waals surface area contributed by atoms with Crippen LogP contribution in [0.3, 0.4) is 0 Å². The number of aromatic amines is 2. The summed E-state index contributed by atoms with van der Waals surface area (Å²) in [6.07, 6.45) is 10.2. The monoisotopic (exact) mass is 827 g/mol. The van der Waals surface area contributed by atoms with E-state index >= 15 is 0 Å². The molecule has 5 atom stereocenters. The third-order valence-corrected chi connectivity index (χ3v) is 12.0. The molecule has 3 aromatic carbocycles. The molecule has 2 aliphatic heterocycles. The Hall–Kier alpha value is -3.80. The lowest BCUT2D eigenvalue weighted by molar-refractivity contribution is -0.135. The number of H-pyrrole nitrogens is 2. The number of carbonyl (C=O) groups is 2. The average molecular weight is 830 g/mol. The summed E-state index contributed by atoms with van der Waals surface area (Å²) < 4.78 is 4.82. The van der Waals surface area contributed by atoms with Crippen LogP contribution in [-0.4, -0.2) is 62.6 Å². The van der Waals surface area contributed by atoms with Crippen LogP contribution in [0, 0.1) is 17.3 Å². The number of nitrogens with zero attached hydrogens (tertiary/aromatic N) is 3. The van der Waals surface area contributed by atoms with Gasteiger partial charge in [-0.1, -0.05) is 62.4 Å². The number of piperidine rings is 1. The maximum absolute atomic E-state index is 13.8. The molecule has 5 aromatic rings. The Morgan fingerprint density at radius 1 is 0.818 bits per heavy atom. The van der Waals surface area contributed by atoms with Crippen LogP contribution in [0.1, 0.15) is 76.1 Å². The van der Waals surface area contributed by atoms with E-state index in [-0.39, 0.29) is 72.9 Å². The highest BCUT2D eigenvalue weighted by Crippen LogP contribution is 2.58. The molecule has 2 aromatic heterocycles. The molecule has 9 rings (SSSR count). The predicted molar refractivity (Wildman–Crippen MR) is 225 cm³/mol.